The maximum atomic E-state index is 12.3. The molecular formula is C10H13F3N2. The Morgan fingerprint density at radius 1 is 1.27 bits per heavy atom. The molecule has 0 amide bonds. The number of nitrogens with two attached hydrogens (primary N) is 2. The maximum Gasteiger partial charge on any atom is 0.391 e. The Kier molecular flexibility index (Phi) is 3.12. The van der Waals surface area contributed by atoms with Crippen LogP contribution in [0, 0.1) is 5.92 Å². The monoisotopic (exact) mass is 218 g/mol. The van der Waals surface area contributed by atoms with Crippen LogP contribution in [0.3, 0.4) is 0 Å². The molecule has 4 N–H and O–H groups in total. The van der Waals surface area contributed by atoms with Crippen LogP contribution < -0.4 is 11.5 Å². The molecule has 15 heavy (non-hydrogen) atoms. The molecule has 1 atom stereocenters. The molecule has 0 aliphatic rings. The van der Waals surface area contributed by atoms with E-state index < -0.39 is 12.1 Å². The first kappa shape index (κ1) is 11.7. The topological polar surface area (TPSA) is 52.0 Å². The molecule has 1 unspecified atom stereocenters. The number of halogens is 3. The number of alkyl halides is 3. The lowest BCUT2D eigenvalue weighted by atomic mass is 9.99. The van der Waals surface area contributed by atoms with Gasteiger partial charge in [0.25, 0.3) is 0 Å². The Labute approximate surface area is 86.1 Å². The Balaban J connectivity index is 2.86. The third kappa shape index (κ3) is 2.78. The summed E-state index contributed by atoms with van der Waals surface area (Å²) in [6.45, 7) is 1.13. The van der Waals surface area contributed by atoms with Crippen LogP contribution in [0.2, 0.25) is 0 Å². The van der Waals surface area contributed by atoms with Crippen molar-refractivity contribution in [3.8, 4) is 0 Å². The lowest BCUT2D eigenvalue weighted by molar-refractivity contribution is -0.169. The molecule has 1 aromatic rings. The third-order valence-corrected chi connectivity index (χ3v) is 2.32. The van der Waals surface area contributed by atoms with E-state index in [1.54, 1.807) is 18.2 Å². The van der Waals surface area contributed by atoms with Crippen LogP contribution in [0.4, 0.5) is 24.5 Å². The first-order chi connectivity index (χ1) is 6.82. The van der Waals surface area contributed by atoms with Crippen molar-refractivity contribution in [3.05, 3.63) is 23.8 Å². The molecule has 0 aliphatic carbocycles. The summed E-state index contributed by atoms with van der Waals surface area (Å²) < 4.78 is 36.9. The van der Waals surface area contributed by atoms with Crippen molar-refractivity contribution in [1.29, 1.82) is 0 Å². The molecule has 0 bridgehead atoms. The normalized spacial score (nSPS) is 13.9. The van der Waals surface area contributed by atoms with Gasteiger partial charge in [0.15, 0.2) is 0 Å². The summed E-state index contributed by atoms with van der Waals surface area (Å²) in [4.78, 5) is 0. The van der Waals surface area contributed by atoms with Gasteiger partial charge in [-0.15, -0.1) is 0 Å². The zero-order valence-electron chi connectivity index (χ0n) is 8.31. The van der Waals surface area contributed by atoms with Crippen molar-refractivity contribution in [1.82, 2.24) is 0 Å². The van der Waals surface area contributed by atoms with Crippen molar-refractivity contribution in [2.75, 3.05) is 11.5 Å². The van der Waals surface area contributed by atoms with E-state index in [9.17, 15) is 13.2 Å². The van der Waals surface area contributed by atoms with Gasteiger partial charge in [0.2, 0.25) is 0 Å². The Morgan fingerprint density at radius 3 is 2.40 bits per heavy atom. The molecule has 0 radical (unpaired) electrons. The number of anilines is 2. The van der Waals surface area contributed by atoms with Crippen LogP contribution >= 0.6 is 0 Å². The predicted molar refractivity (Wildman–Crippen MR) is 54.2 cm³/mol. The maximum absolute atomic E-state index is 12.3. The summed E-state index contributed by atoms with van der Waals surface area (Å²) in [6.07, 6.45) is -4.34. The Bertz CT molecular complexity index is 347. The van der Waals surface area contributed by atoms with Crippen molar-refractivity contribution in [3.63, 3.8) is 0 Å². The molecule has 5 heteroatoms. The SMILES string of the molecule is CC(Cc1cccc(N)c1N)C(F)(F)F. The molecule has 0 aromatic heterocycles. The minimum absolute atomic E-state index is 0.139. The number of hydrogen-bond donors (Lipinski definition) is 2. The molecule has 2 nitrogen and oxygen atoms in total. The highest BCUT2D eigenvalue weighted by atomic mass is 19.4. The summed E-state index contributed by atoms with van der Waals surface area (Å²) in [5.74, 6) is -1.42. The summed E-state index contributed by atoms with van der Waals surface area (Å²) in [5.41, 5.74) is 12.1. The first-order valence-corrected chi connectivity index (χ1v) is 4.52. The van der Waals surface area contributed by atoms with Crippen LogP contribution in [0.5, 0.6) is 0 Å². The fraction of sp³-hybridized carbons (Fsp3) is 0.400. The summed E-state index contributed by atoms with van der Waals surface area (Å²) in [7, 11) is 0. The molecule has 1 rings (SSSR count). The summed E-state index contributed by atoms with van der Waals surface area (Å²) in [6, 6.07) is 4.73. The average molecular weight is 218 g/mol. The largest absolute Gasteiger partial charge is 0.397 e. The van der Waals surface area contributed by atoms with Crippen molar-refractivity contribution in [2.24, 2.45) is 5.92 Å². The van der Waals surface area contributed by atoms with Gasteiger partial charge in [-0.05, 0) is 18.1 Å². The number of hydrogen-bond acceptors (Lipinski definition) is 2. The van der Waals surface area contributed by atoms with E-state index in [1.165, 1.54) is 0 Å². The van der Waals surface area contributed by atoms with E-state index in [0.29, 0.717) is 11.3 Å². The highest BCUT2D eigenvalue weighted by Crippen LogP contribution is 2.31. The summed E-state index contributed by atoms with van der Waals surface area (Å²) in [5, 5.41) is 0. The molecule has 0 saturated heterocycles. The minimum Gasteiger partial charge on any atom is -0.397 e. The number of nitrogen functional groups attached to an aromatic ring is 2. The van der Waals surface area contributed by atoms with E-state index in [1.807, 2.05) is 0 Å². The van der Waals surface area contributed by atoms with Crippen LogP contribution in [-0.4, -0.2) is 6.18 Å². The second-order valence-electron chi connectivity index (χ2n) is 3.57. The van der Waals surface area contributed by atoms with Gasteiger partial charge < -0.3 is 11.5 Å². The standard InChI is InChI=1S/C10H13F3N2/c1-6(10(11,12)13)5-7-3-2-4-8(14)9(7)15/h2-4,6H,5,14-15H2,1H3. The van der Waals surface area contributed by atoms with E-state index in [2.05, 4.69) is 0 Å². The van der Waals surface area contributed by atoms with Gasteiger partial charge >= 0.3 is 6.18 Å². The van der Waals surface area contributed by atoms with Crippen LogP contribution in [0.1, 0.15) is 12.5 Å². The van der Waals surface area contributed by atoms with Crippen molar-refractivity contribution >= 4 is 11.4 Å². The van der Waals surface area contributed by atoms with Gasteiger partial charge in [-0.2, -0.15) is 13.2 Å². The van der Waals surface area contributed by atoms with Crippen molar-refractivity contribution in [2.45, 2.75) is 19.5 Å². The zero-order valence-corrected chi connectivity index (χ0v) is 8.31. The zero-order chi connectivity index (χ0) is 11.6. The molecular weight excluding hydrogens is 205 g/mol. The molecule has 0 spiro atoms. The second-order valence-corrected chi connectivity index (χ2v) is 3.57. The lowest BCUT2D eigenvalue weighted by Crippen LogP contribution is -2.22. The van der Waals surface area contributed by atoms with Gasteiger partial charge in [0.05, 0.1) is 17.3 Å². The van der Waals surface area contributed by atoms with Gasteiger partial charge in [-0.25, -0.2) is 0 Å². The molecule has 1 aromatic carbocycles. The van der Waals surface area contributed by atoms with Crippen molar-refractivity contribution < 1.29 is 13.2 Å². The highest BCUT2D eigenvalue weighted by molar-refractivity contribution is 5.67. The minimum atomic E-state index is -4.20. The Hall–Kier alpha value is -1.39. The van der Waals surface area contributed by atoms with Crippen LogP contribution in [-0.2, 0) is 6.42 Å². The first-order valence-electron chi connectivity index (χ1n) is 4.52. The van der Waals surface area contributed by atoms with E-state index in [-0.39, 0.29) is 12.1 Å². The fourth-order valence-electron chi connectivity index (χ4n) is 1.26. The van der Waals surface area contributed by atoms with Gasteiger partial charge in [-0.3, -0.25) is 0 Å². The van der Waals surface area contributed by atoms with Crippen LogP contribution in [0.25, 0.3) is 0 Å². The van der Waals surface area contributed by atoms with E-state index >= 15 is 0 Å². The third-order valence-electron chi connectivity index (χ3n) is 2.32. The average Bonchev–Trinajstić information content (AvgIpc) is 2.11. The van der Waals surface area contributed by atoms with E-state index in [0.717, 1.165) is 6.92 Å². The predicted octanol–water partition coefficient (Wildman–Crippen LogP) is 2.59. The molecule has 0 fully saturated rings. The van der Waals surface area contributed by atoms with Gasteiger partial charge in [-0.1, -0.05) is 19.1 Å². The molecule has 0 heterocycles. The molecule has 84 valence electrons. The molecule has 0 aliphatic heterocycles. The lowest BCUT2D eigenvalue weighted by Gasteiger charge is -2.16. The number of para-hydroxylation sites is 1. The number of rotatable bonds is 2. The smallest absolute Gasteiger partial charge is 0.391 e. The quantitative estimate of drug-likeness (QED) is 0.749. The number of benzene rings is 1. The van der Waals surface area contributed by atoms with Crippen LogP contribution in [0.15, 0.2) is 18.2 Å². The molecule has 0 saturated carbocycles. The van der Waals surface area contributed by atoms with Gasteiger partial charge in [0.1, 0.15) is 0 Å². The Morgan fingerprint density at radius 2 is 1.87 bits per heavy atom. The fourth-order valence-corrected chi connectivity index (χ4v) is 1.26. The van der Waals surface area contributed by atoms with Gasteiger partial charge in [0, 0.05) is 0 Å². The van der Waals surface area contributed by atoms with E-state index in [4.69, 9.17) is 11.5 Å². The summed E-state index contributed by atoms with van der Waals surface area (Å²) >= 11 is 0. The second kappa shape index (κ2) is 4.00. The highest BCUT2D eigenvalue weighted by Gasteiger charge is 2.36.